The van der Waals surface area contributed by atoms with Crippen molar-refractivity contribution in [1.82, 2.24) is 25.4 Å². The average molecular weight is 285 g/mol. The molecule has 3 rings (SSSR count). The van der Waals surface area contributed by atoms with Crippen molar-refractivity contribution in [2.45, 2.75) is 19.9 Å². The SMILES string of the molecule is Cc1nc(-c2cccc(C(=O)N3CCNC[C@@H]3C)c2)n[nH]1. The highest BCUT2D eigenvalue weighted by molar-refractivity contribution is 5.95. The monoisotopic (exact) mass is 285 g/mol. The number of aryl methyl sites for hydroxylation is 1. The summed E-state index contributed by atoms with van der Waals surface area (Å²) < 4.78 is 0. The van der Waals surface area contributed by atoms with Gasteiger partial charge in [-0.15, -0.1) is 0 Å². The quantitative estimate of drug-likeness (QED) is 0.870. The Hall–Kier alpha value is -2.21. The van der Waals surface area contributed by atoms with Crippen molar-refractivity contribution >= 4 is 5.91 Å². The predicted molar refractivity (Wildman–Crippen MR) is 79.9 cm³/mol. The van der Waals surface area contributed by atoms with Gasteiger partial charge in [-0.3, -0.25) is 9.89 Å². The summed E-state index contributed by atoms with van der Waals surface area (Å²) in [5.41, 5.74) is 1.54. The zero-order valence-corrected chi connectivity index (χ0v) is 12.3. The molecule has 1 aromatic heterocycles. The molecule has 0 bridgehead atoms. The maximum Gasteiger partial charge on any atom is 0.254 e. The molecule has 6 heteroatoms. The van der Waals surface area contributed by atoms with E-state index in [2.05, 4.69) is 27.4 Å². The van der Waals surface area contributed by atoms with Crippen molar-refractivity contribution in [2.24, 2.45) is 0 Å². The summed E-state index contributed by atoms with van der Waals surface area (Å²) >= 11 is 0. The zero-order valence-electron chi connectivity index (χ0n) is 12.3. The van der Waals surface area contributed by atoms with Gasteiger partial charge in [-0.05, 0) is 26.0 Å². The minimum Gasteiger partial charge on any atom is -0.333 e. The van der Waals surface area contributed by atoms with Gasteiger partial charge in [-0.1, -0.05) is 12.1 Å². The highest BCUT2D eigenvalue weighted by Gasteiger charge is 2.24. The average Bonchev–Trinajstić information content (AvgIpc) is 2.94. The van der Waals surface area contributed by atoms with Crippen LogP contribution in [0.25, 0.3) is 11.4 Å². The van der Waals surface area contributed by atoms with E-state index in [-0.39, 0.29) is 11.9 Å². The van der Waals surface area contributed by atoms with Crippen LogP contribution in [0.15, 0.2) is 24.3 Å². The highest BCUT2D eigenvalue weighted by atomic mass is 16.2. The van der Waals surface area contributed by atoms with Crippen molar-refractivity contribution in [3.63, 3.8) is 0 Å². The lowest BCUT2D eigenvalue weighted by Gasteiger charge is -2.34. The lowest BCUT2D eigenvalue weighted by molar-refractivity contribution is 0.0656. The molecule has 0 unspecified atom stereocenters. The summed E-state index contributed by atoms with van der Waals surface area (Å²) in [5.74, 6) is 1.45. The molecule has 6 nitrogen and oxygen atoms in total. The molecular weight excluding hydrogens is 266 g/mol. The molecule has 0 spiro atoms. The van der Waals surface area contributed by atoms with E-state index in [0.717, 1.165) is 31.0 Å². The second kappa shape index (κ2) is 5.65. The first-order valence-corrected chi connectivity index (χ1v) is 7.16. The summed E-state index contributed by atoms with van der Waals surface area (Å²) in [6.07, 6.45) is 0. The minimum absolute atomic E-state index is 0.0677. The molecule has 110 valence electrons. The fourth-order valence-corrected chi connectivity index (χ4v) is 2.57. The first kappa shape index (κ1) is 13.8. The number of carbonyl (C=O) groups is 1. The Kier molecular flexibility index (Phi) is 3.70. The molecule has 2 N–H and O–H groups in total. The molecule has 2 heterocycles. The molecule has 1 atom stereocenters. The van der Waals surface area contributed by atoms with Gasteiger partial charge in [0.2, 0.25) is 0 Å². The van der Waals surface area contributed by atoms with Gasteiger partial charge in [0.25, 0.3) is 5.91 Å². The van der Waals surface area contributed by atoms with Crippen LogP contribution in [0.2, 0.25) is 0 Å². The fraction of sp³-hybridized carbons (Fsp3) is 0.400. The highest BCUT2D eigenvalue weighted by Crippen LogP contribution is 2.18. The van der Waals surface area contributed by atoms with Crippen molar-refractivity contribution in [2.75, 3.05) is 19.6 Å². The van der Waals surface area contributed by atoms with Gasteiger partial charge >= 0.3 is 0 Å². The van der Waals surface area contributed by atoms with Crippen LogP contribution in [0, 0.1) is 6.92 Å². The first-order chi connectivity index (χ1) is 10.1. The number of H-pyrrole nitrogens is 1. The molecule has 1 amide bonds. The number of carbonyl (C=O) groups excluding carboxylic acids is 1. The maximum atomic E-state index is 12.6. The van der Waals surface area contributed by atoms with Gasteiger partial charge in [0.15, 0.2) is 5.82 Å². The fourth-order valence-electron chi connectivity index (χ4n) is 2.57. The van der Waals surface area contributed by atoms with Crippen LogP contribution < -0.4 is 5.32 Å². The molecule has 0 saturated carbocycles. The minimum atomic E-state index is 0.0677. The lowest BCUT2D eigenvalue weighted by Crippen LogP contribution is -2.52. The summed E-state index contributed by atoms with van der Waals surface area (Å²) in [6.45, 7) is 6.34. The summed E-state index contributed by atoms with van der Waals surface area (Å²) in [5, 5.41) is 10.3. The Morgan fingerprint density at radius 1 is 1.43 bits per heavy atom. The topological polar surface area (TPSA) is 73.9 Å². The Bertz CT molecular complexity index is 651. The van der Waals surface area contributed by atoms with E-state index >= 15 is 0 Å². The van der Waals surface area contributed by atoms with Crippen molar-refractivity contribution in [1.29, 1.82) is 0 Å². The molecule has 1 aliphatic rings. The van der Waals surface area contributed by atoms with Gasteiger partial charge in [0.05, 0.1) is 0 Å². The number of nitrogens with zero attached hydrogens (tertiary/aromatic N) is 3. The summed E-state index contributed by atoms with van der Waals surface area (Å²) in [4.78, 5) is 18.9. The van der Waals surface area contributed by atoms with Crippen LogP contribution in [0.1, 0.15) is 23.1 Å². The Morgan fingerprint density at radius 2 is 2.29 bits per heavy atom. The summed E-state index contributed by atoms with van der Waals surface area (Å²) in [6, 6.07) is 7.71. The molecule has 0 aliphatic carbocycles. The van der Waals surface area contributed by atoms with Crippen LogP contribution in [0.4, 0.5) is 0 Å². The smallest absolute Gasteiger partial charge is 0.254 e. The third-order valence-electron chi connectivity index (χ3n) is 3.73. The van der Waals surface area contributed by atoms with Gasteiger partial charge in [0.1, 0.15) is 5.82 Å². The van der Waals surface area contributed by atoms with Crippen LogP contribution in [0.5, 0.6) is 0 Å². The number of aromatic nitrogens is 3. The van der Waals surface area contributed by atoms with Crippen molar-refractivity contribution in [3.05, 3.63) is 35.7 Å². The van der Waals surface area contributed by atoms with Gasteiger partial charge < -0.3 is 10.2 Å². The van der Waals surface area contributed by atoms with Crippen LogP contribution in [-0.4, -0.2) is 51.7 Å². The molecule has 1 aromatic carbocycles. The van der Waals surface area contributed by atoms with Gasteiger partial charge in [0, 0.05) is 36.8 Å². The van der Waals surface area contributed by atoms with E-state index in [1.807, 2.05) is 36.1 Å². The van der Waals surface area contributed by atoms with Crippen LogP contribution in [0.3, 0.4) is 0 Å². The zero-order chi connectivity index (χ0) is 14.8. The van der Waals surface area contributed by atoms with E-state index in [9.17, 15) is 4.79 Å². The Morgan fingerprint density at radius 3 is 3.00 bits per heavy atom. The Balaban J connectivity index is 1.87. The molecule has 0 radical (unpaired) electrons. The molecule has 1 fully saturated rings. The number of amides is 1. The molecular formula is C15H19N5O. The molecule has 1 saturated heterocycles. The third kappa shape index (κ3) is 2.80. The largest absolute Gasteiger partial charge is 0.333 e. The van der Waals surface area contributed by atoms with E-state index in [4.69, 9.17) is 0 Å². The third-order valence-corrected chi connectivity index (χ3v) is 3.73. The van der Waals surface area contributed by atoms with Gasteiger partial charge in [-0.2, -0.15) is 5.10 Å². The second-order valence-electron chi connectivity index (χ2n) is 5.38. The number of benzene rings is 1. The summed E-state index contributed by atoms with van der Waals surface area (Å²) in [7, 11) is 0. The molecule has 21 heavy (non-hydrogen) atoms. The standard InChI is InChI=1S/C15H19N5O/c1-10-9-16-6-7-20(10)15(21)13-5-3-4-12(8-13)14-17-11(2)18-19-14/h3-5,8,10,16H,6-7,9H2,1-2H3,(H,17,18,19)/t10-/m0/s1. The first-order valence-electron chi connectivity index (χ1n) is 7.16. The Labute approximate surface area is 123 Å². The number of piperazine rings is 1. The lowest BCUT2D eigenvalue weighted by atomic mass is 10.1. The predicted octanol–water partition coefficient (Wildman–Crippen LogP) is 1.21. The van der Waals surface area contributed by atoms with E-state index in [0.29, 0.717) is 11.4 Å². The number of rotatable bonds is 2. The number of hydrogen-bond donors (Lipinski definition) is 2. The molecule has 1 aliphatic heterocycles. The van der Waals surface area contributed by atoms with Crippen LogP contribution >= 0.6 is 0 Å². The number of aromatic amines is 1. The van der Waals surface area contributed by atoms with Crippen LogP contribution in [-0.2, 0) is 0 Å². The van der Waals surface area contributed by atoms with Crippen molar-refractivity contribution in [3.8, 4) is 11.4 Å². The molecule has 2 aromatic rings. The van der Waals surface area contributed by atoms with Gasteiger partial charge in [-0.25, -0.2) is 4.98 Å². The van der Waals surface area contributed by atoms with E-state index in [1.165, 1.54) is 0 Å². The maximum absolute atomic E-state index is 12.6. The number of hydrogen-bond acceptors (Lipinski definition) is 4. The van der Waals surface area contributed by atoms with E-state index in [1.54, 1.807) is 0 Å². The van der Waals surface area contributed by atoms with E-state index < -0.39 is 0 Å². The second-order valence-corrected chi connectivity index (χ2v) is 5.38. The number of nitrogens with one attached hydrogen (secondary N) is 2. The van der Waals surface area contributed by atoms with Crippen molar-refractivity contribution < 1.29 is 4.79 Å². The normalized spacial score (nSPS) is 18.8.